The topological polar surface area (TPSA) is 61.4 Å². The van der Waals surface area contributed by atoms with E-state index in [9.17, 15) is 4.79 Å². The molecule has 0 bridgehead atoms. The average molecular weight is 422 g/mol. The number of para-hydroxylation sites is 1. The molecule has 2 aliphatic rings. The van der Waals surface area contributed by atoms with Crippen LogP contribution in [0.2, 0.25) is 5.02 Å². The molecule has 5 rings (SSSR count). The molecule has 1 saturated carbocycles. The lowest BCUT2D eigenvalue weighted by atomic mass is 10.1. The summed E-state index contributed by atoms with van der Waals surface area (Å²) in [6, 6.07) is 14.0. The third kappa shape index (κ3) is 4.25. The lowest BCUT2D eigenvalue weighted by molar-refractivity contribution is 0.0952. The summed E-state index contributed by atoms with van der Waals surface area (Å²) in [5.74, 6) is 0.878. The number of nitrogens with zero attached hydrogens (tertiary/aromatic N) is 4. The van der Waals surface area contributed by atoms with Crippen molar-refractivity contribution in [1.82, 2.24) is 20.2 Å². The zero-order valence-electron chi connectivity index (χ0n) is 16.7. The number of carbonyl (C=O) groups excluding carboxylic acids is 1. The molecule has 2 fully saturated rings. The number of piperazine rings is 1. The van der Waals surface area contributed by atoms with Crippen LogP contribution in [0, 0.1) is 0 Å². The molecule has 0 unspecified atom stereocenters. The van der Waals surface area contributed by atoms with E-state index in [1.807, 2.05) is 42.5 Å². The molecule has 1 aromatic carbocycles. The van der Waals surface area contributed by atoms with E-state index < -0.39 is 0 Å². The summed E-state index contributed by atoms with van der Waals surface area (Å²) in [4.78, 5) is 26.7. The summed E-state index contributed by atoms with van der Waals surface area (Å²) in [6.07, 6.45) is 3.85. The molecule has 30 heavy (non-hydrogen) atoms. The molecular formula is C23H24ClN5O. The number of pyridine rings is 2. The Bertz CT molecular complexity index is 1060. The van der Waals surface area contributed by atoms with E-state index >= 15 is 0 Å². The van der Waals surface area contributed by atoms with Crippen molar-refractivity contribution < 1.29 is 4.79 Å². The molecule has 3 heterocycles. The van der Waals surface area contributed by atoms with E-state index in [0.717, 1.165) is 73.5 Å². The fourth-order valence-corrected chi connectivity index (χ4v) is 3.98. The van der Waals surface area contributed by atoms with Crippen LogP contribution in [-0.4, -0.2) is 53.0 Å². The predicted molar refractivity (Wildman–Crippen MR) is 119 cm³/mol. The van der Waals surface area contributed by atoms with E-state index in [4.69, 9.17) is 16.6 Å². The molecule has 1 aliphatic heterocycles. The van der Waals surface area contributed by atoms with Gasteiger partial charge in [-0.3, -0.25) is 14.7 Å². The predicted octanol–water partition coefficient (Wildman–Crippen LogP) is 3.50. The largest absolute Gasteiger partial charge is 0.354 e. The van der Waals surface area contributed by atoms with Crippen molar-refractivity contribution in [2.24, 2.45) is 0 Å². The standard InChI is InChI=1S/C23H24ClN5O/c24-16-5-6-18(25-14-16)15-28-9-11-29(12-10-28)22-13-20(23(30)26-17-7-8-17)19-3-1-2-4-21(19)27-22/h1-6,13-14,17H,7-12,15H2,(H,26,30). The van der Waals surface area contributed by atoms with Crippen molar-refractivity contribution in [3.05, 3.63) is 64.9 Å². The molecular weight excluding hydrogens is 398 g/mol. The molecule has 0 radical (unpaired) electrons. The molecule has 0 atom stereocenters. The van der Waals surface area contributed by atoms with Gasteiger partial charge in [-0.2, -0.15) is 0 Å². The van der Waals surface area contributed by atoms with Crippen molar-refractivity contribution >= 4 is 34.2 Å². The second kappa shape index (κ2) is 8.20. The summed E-state index contributed by atoms with van der Waals surface area (Å²) in [7, 11) is 0. The van der Waals surface area contributed by atoms with Crippen LogP contribution in [0.25, 0.3) is 10.9 Å². The molecule has 1 saturated heterocycles. The van der Waals surface area contributed by atoms with Crippen LogP contribution in [0.4, 0.5) is 5.82 Å². The van der Waals surface area contributed by atoms with Crippen molar-refractivity contribution in [2.75, 3.05) is 31.1 Å². The van der Waals surface area contributed by atoms with Crippen LogP contribution < -0.4 is 10.2 Å². The van der Waals surface area contributed by atoms with Crippen LogP contribution in [0.1, 0.15) is 28.9 Å². The molecule has 1 amide bonds. The van der Waals surface area contributed by atoms with Crippen LogP contribution in [-0.2, 0) is 6.54 Å². The Balaban J connectivity index is 1.32. The van der Waals surface area contributed by atoms with Crippen molar-refractivity contribution in [2.45, 2.75) is 25.4 Å². The highest BCUT2D eigenvalue weighted by atomic mass is 35.5. The molecule has 154 valence electrons. The second-order valence-corrected chi connectivity index (χ2v) is 8.46. The number of anilines is 1. The number of hydrogen-bond acceptors (Lipinski definition) is 5. The Kier molecular flexibility index (Phi) is 5.27. The third-order valence-corrected chi connectivity index (χ3v) is 5.95. The molecule has 3 aromatic rings. The SMILES string of the molecule is O=C(NC1CC1)c1cc(N2CCN(Cc3ccc(Cl)cn3)CC2)nc2ccccc12. The first-order valence-corrected chi connectivity index (χ1v) is 10.8. The Morgan fingerprint density at radius 1 is 1.10 bits per heavy atom. The Morgan fingerprint density at radius 3 is 2.63 bits per heavy atom. The number of nitrogens with one attached hydrogen (secondary N) is 1. The summed E-state index contributed by atoms with van der Waals surface area (Å²) in [5, 5.41) is 4.69. The smallest absolute Gasteiger partial charge is 0.252 e. The fraction of sp³-hybridized carbons (Fsp3) is 0.348. The number of halogens is 1. The number of aromatic nitrogens is 2. The highest BCUT2D eigenvalue weighted by molar-refractivity contribution is 6.30. The van der Waals surface area contributed by atoms with Gasteiger partial charge >= 0.3 is 0 Å². The van der Waals surface area contributed by atoms with Crippen molar-refractivity contribution in [3.63, 3.8) is 0 Å². The van der Waals surface area contributed by atoms with Crippen LogP contribution >= 0.6 is 11.6 Å². The van der Waals surface area contributed by atoms with E-state index in [2.05, 4.69) is 20.1 Å². The number of hydrogen-bond donors (Lipinski definition) is 1. The Hall–Kier alpha value is -2.70. The number of rotatable bonds is 5. The van der Waals surface area contributed by atoms with E-state index in [-0.39, 0.29) is 5.91 Å². The summed E-state index contributed by atoms with van der Waals surface area (Å²) in [6.45, 7) is 4.38. The van der Waals surface area contributed by atoms with Gasteiger partial charge in [-0.25, -0.2) is 4.98 Å². The van der Waals surface area contributed by atoms with Gasteiger partial charge in [-0.1, -0.05) is 29.8 Å². The van der Waals surface area contributed by atoms with Gasteiger partial charge in [0.25, 0.3) is 5.91 Å². The maximum absolute atomic E-state index is 12.8. The van der Waals surface area contributed by atoms with Crippen LogP contribution in [0.3, 0.4) is 0 Å². The number of fused-ring (bicyclic) bond motifs is 1. The lowest BCUT2D eigenvalue weighted by Gasteiger charge is -2.35. The van der Waals surface area contributed by atoms with Gasteiger partial charge < -0.3 is 10.2 Å². The number of benzene rings is 1. The van der Waals surface area contributed by atoms with Gasteiger partial charge in [0, 0.05) is 50.3 Å². The number of amides is 1. The van der Waals surface area contributed by atoms with E-state index in [0.29, 0.717) is 11.1 Å². The monoisotopic (exact) mass is 421 g/mol. The molecule has 1 aliphatic carbocycles. The van der Waals surface area contributed by atoms with E-state index in [1.54, 1.807) is 6.20 Å². The maximum atomic E-state index is 12.8. The first-order chi connectivity index (χ1) is 14.7. The summed E-state index contributed by atoms with van der Waals surface area (Å²) < 4.78 is 0. The molecule has 6 nitrogen and oxygen atoms in total. The zero-order valence-corrected chi connectivity index (χ0v) is 17.5. The van der Waals surface area contributed by atoms with Gasteiger partial charge in [-0.05, 0) is 37.1 Å². The third-order valence-electron chi connectivity index (χ3n) is 5.73. The normalized spacial score (nSPS) is 17.3. The number of carbonyl (C=O) groups is 1. The minimum atomic E-state index is 0.00444. The quantitative estimate of drug-likeness (QED) is 0.683. The van der Waals surface area contributed by atoms with E-state index in [1.165, 1.54) is 0 Å². The highest BCUT2D eigenvalue weighted by Crippen LogP contribution is 2.26. The Morgan fingerprint density at radius 2 is 1.90 bits per heavy atom. The first kappa shape index (κ1) is 19.3. The van der Waals surface area contributed by atoms with Gasteiger partial charge in [0.15, 0.2) is 0 Å². The van der Waals surface area contributed by atoms with Crippen molar-refractivity contribution in [1.29, 1.82) is 0 Å². The van der Waals surface area contributed by atoms with Crippen molar-refractivity contribution in [3.8, 4) is 0 Å². The summed E-state index contributed by atoms with van der Waals surface area (Å²) >= 11 is 5.93. The summed E-state index contributed by atoms with van der Waals surface area (Å²) in [5.41, 5.74) is 2.61. The highest BCUT2D eigenvalue weighted by Gasteiger charge is 2.26. The zero-order chi connectivity index (χ0) is 20.5. The first-order valence-electron chi connectivity index (χ1n) is 10.4. The molecule has 7 heteroatoms. The van der Waals surface area contributed by atoms with Gasteiger partial charge in [0.1, 0.15) is 5.82 Å². The van der Waals surface area contributed by atoms with Gasteiger partial charge in [0.05, 0.1) is 21.8 Å². The van der Waals surface area contributed by atoms with Crippen LogP contribution in [0.15, 0.2) is 48.7 Å². The fourth-order valence-electron chi connectivity index (χ4n) is 3.87. The lowest BCUT2D eigenvalue weighted by Crippen LogP contribution is -2.46. The Labute approximate surface area is 180 Å². The second-order valence-electron chi connectivity index (χ2n) is 8.02. The van der Waals surface area contributed by atoms with Crippen LogP contribution in [0.5, 0.6) is 0 Å². The maximum Gasteiger partial charge on any atom is 0.252 e. The molecule has 0 spiro atoms. The molecule has 1 N–H and O–H groups in total. The minimum absolute atomic E-state index is 0.00444. The average Bonchev–Trinajstić information content (AvgIpc) is 3.59. The minimum Gasteiger partial charge on any atom is -0.354 e. The van der Waals surface area contributed by atoms with Gasteiger partial charge in [-0.15, -0.1) is 0 Å². The van der Waals surface area contributed by atoms with Gasteiger partial charge in [0.2, 0.25) is 0 Å². The molecule has 2 aromatic heterocycles.